The summed E-state index contributed by atoms with van der Waals surface area (Å²) < 4.78 is 10.9. The first kappa shape index (κ1) is 18.2. The van der Waals surface area contributed by atoms with E-state index in [0.717, 1.165) is 11.1 Å². The van der Waals surface area contributed by atoms with E-state index in [9.17, 15) is 14.9 Å². The number of nitro benzene ring substituents is 1. The van der Waals surface area contributed by atoms with Crippen LogP contribution >= 0.6 is 0 Å². The number of esters is 1. The molecule has 0 saturated carbocycles. The van der Waals surface area contributed by atoms with Gasteiger partial charge in [-0.25, -0.2) is 4.79 Å². The van der Waals surface area contributed by atoms with Gasteiger partial charge in [-0.1, -0.05) is 29.8 Å². The van der Waals surface area contributed by atoms with Gasteiger partial charge in [-0.2, -0.15) is 0 Å². The summed E-state index contributed by atoms with van der Waals surface area (Å²) in [5.41, 5.74) is 1.85. The summed E-state index contributed by atoms with van der Waals surface area (Å²) in [6.07, 6.45) is -0.859. The highest BCUT2D eigenvalue weighted by Gasteiger charge is 2.27. The number of rotatable bonds is 5. The molecule has 3 rings (SSSR count). The van der Waals surface area contributed by atoms with Gasteiger partial charge in [0.2, 0.25) is 5.89 Å². The van der Waals surface area contributed by atoms with Crippen LogP contribution < -0.4 is 0 Å². The van der Waals surface area contributed by atoms with E-state index in [0.29, 0.717) is 11.5 Å². The van der Waals surface area contributed by atoms with Gasteiger partial charge < -0.3 is 9.15 Å². The van der Waals surface area contributed by atoms with Crippen molar-refractivity contribution >= 4 is 11.7 Å². The Hall–Kier alpha value is -3.55. The number of hydrogen-bond donors (Lipinski definition) is 0. The third-order valence-corrected chi connectivity index (χ3v) is 3.99. The minimum absolute atomic E-state index is 0.0900. The van der Waals surface area contributed by atoms with Gasteiger partial charge in [-0.15, -0.1) is 10.2 Å². The van der Waals surface area contributed by atoms with Gasteiger partial charge in [-0.05, 0) is 38.5 Å². The fourth-order valence-electron chi connectivity index (χ4n) is 2.63. The quantitative estimate of drug-likeness (QED) is 0.378. The summed E-state index contributed by atoms with van der Waals surface area (Å²) in [5, 5.41) is 19.1. The second-order valence-corrected chi connectivity index (χ2v) is 6.09. The maximum Gasteiger partial charge on any atom is 0.346 e. The molecule has 2 aromatic carbocycles. The number of benzene rings is 2. The van der Waals surface area contributed by atoms with Crippen molar-refractivity contribution in [3.8, 4) is 11.5 Å². The summed E-state index contributed by atoms with van der Waals surface area (Å²) in [6.45, 7) is 5.12. The molecule has 8 nitrogen and oxygen atoms in total. The van der Waals surface area contributed by atoms with Gasteiger partial charge in [0.15, 0.2) is 6.10 Å². The molecule has 1 heterocycles. The van der Waals surface area contributed by atoms with Crippen LogP contribution in [-0.4, -0.2) is 21.1 Å². The average molecular weight is 367 g/mol. The monoisotopic (exact) mass is 367 g/mol. The molecule has 0 spiro atoms. The molecule has 0 amide bonds. The first-order valence-corrected chi connectivity index (χ1v) is 8.22. The van der Waals surface area contributed by atoms with Crippen LogP contribution in [0.3, 0.4) is 0 Å². The van der Waals surface area contributed by atoms with Gasteiger partial charge in [-0.3, -0.25) is 10.1 Å². The van der Waals surface area contributed by atoms with Crippen LogP contribution in [0.2, 0.25) is 0 Å². The van der Waals surface area contributed by atoms with Crippen LogP contribution in [0.1, 0.15) is 40.4 Å². The van der Waals surface area contributed by atoms with Crippen LogP contribution in [0.15, 0.2) is 46.9 Å². The number of aryl methyl sites for hydroxylation is 2. The highest BCUT2D eigenvalue weighted by molar-refractivity contribution is 5.95. The lowest BCUT2D eigenvalue weighted by molar-refractivity contribution is -0.385. The Morgan fingerprint density at radius 2 is 1.93 bits per heavy atom. The minimum atomic E-state index is -0.859. The molecule has 0 fully saturated rings. The molecule has 0 N–H and O–H groups in total. The Labute approximate surface area is 155 Å². The average Bonchev–Trinajstić information content (AvgIpc) is 3.11. The molecule has 0 saturated heterocycles. The van der Waals surface area contributed by atoms with E-state index in [1.807, 2.05) is 31.2 Å². The number of nitro groups is 1. The summed E-state index contributed by atoms with van der Waals surface area (Å²) in [7, 11) is 0. The van der Waals surface area contributed by atoms with Crippen molar-refractivity contribution in [1.82, 2.24) is 10.2 Å². The van der Waals surface area contributed by atoms with Crippen LogP contribution in [-0.2, 0) is 4.74 Å². The molecular formula is C19H17N3O5. The Morgan fingerprint density at radius 1 is 1.19 bits per heavy atom. The van der Waals surface area contributed by atoms with Crippen LogP contribution in [0.4, 0.5) is 5.69 Å². The molecular weight excluding hydrogens is 350 g/mol. The zero-order valence-electron chi connectivity index (χ0n) is 15.0. The zero-order chi connectivity index (χ0) is 19.6. The van der Waals surface area contributed by atoms with Crippen molar-refractivity contribution in [2.75, 3.05) is 0 Å². The van der Waals surface area contributed by atoms with Crippen molar-refractivity contribution in [2.45, 2.75) is 26.9 Å². The third-order valence-electron chi connectivity index (χ3n) is 3.99. The van der Waals surface area contributed by atoms with Crippen molar-refractivity contribution < 1.29 is 18.9 Å². The standard InChI is InChI=1S/C19H17N3O5/c1-11-6-4-8-14(10-11)18-21-20-17(27-18)13(3)26-19(23)16-12(2)7-5-9-15(16)22(24)25/h4-10,13H,1-3H3. The number of aromatic nitrogens is 2. The van der Waals surface area contributed by atoms with Gasteiger partial charge in [0.1, 0.15) is 5.56 Å². The van der Waals surface area contributed by atoms with Crippen molar-refractivity contribution in [2.24, 2.45) is 0 Å². The fourth-order valence-corrected chi connectivity index (χ4v) is 2.63. The lowest BCUT2D eigenvalue weighted by Crippen LogP contribution is -2.13. The number of hydrogen-bond acceptors (Lipinski definition) is 7. The normalized spacial score (nSPS) is 11.8. The maximum absolute atomic E-state index is 12.5. The Bertz CT molecular complexity index is 1010. The minimum Gasteiger partial charge on any atom is -0.449 e. The van der Waals surface area contributed by atoms with E-state index < -0.39 is 17.0 Å². The van der Waals surface area contributed by atoms with Crippen LogP contribution in [0.25, 0.3) is 11.5 Å². The second-order valence-electron chi connectivity index (χ2n) is 6.09. The smallest absolute Gasteiger partial charge is 0.346 e. The summed E-state index contributed by atoms with van der Waals surface area (Å²) in [6, 6.07) is 11.9. The Morgan fingerprint density at radius 3 is 2.63 bits per heavy atom. The largest absolute Gasteiger partial charge is 0.449 e. The fraction of sp³-hybridized carbons (Fsp3) is 0.211. The van der Waals surface area contributed by atoms with E-state index in [1.54, 1.807) is 19.9 Å². The molecule has 1 atom stereocenters. The number of carbonyl (C=O) groups excluding carboxylic acids is 1. The molecule has 1 unspecified atom stereocenters. The summed E-state index contributed by atoms with van der Waals surface area (Å²) >= 11 is 0. The Kier molecular flexibility index (Phi) is 4.98. The highest BCUT2D eigenvalue weighted by atomic mass is 16.6. The number of carbonyl (C=O) groups is 1. The lowest BCUT2D eigenvalue weighted by atomic mass is 10.1. The molecule has 0 bridgehead atoms. The molecule has 0 aliphatic carbocycles. The SMILES string of the molecule is Cc1cccc(-c2nnc(C(C)OC(=O)c3c(C)cccc3[N+](=O)[O-])o2)c1. The van der Waals surface area contributed by atoms with E-state index >= 15 is 0 Å². The molecule has 0 aliphatic rings. The van der Waals surface area contributed by atoms with Gasteiger partial charge in [0.25, 0.3) is 11.6 Å². The molecule has 138 valence electrons. The van der Waals surface area contributed by atoms with Crippen molar-refractivity contribution in [3.63, 3.8) is 0 Å². The summed E-state index contributed by atoms with van der Waals surface area (Å²) in [4.78, 5) is 23.0. The third kappa shape index (κ3) is 3.84. The van der Waals surface area contributed by atoms with Gasteiger partial charge >= 0.3 is 5.97 Å². The lowest BCUT2D eigenvalue weighted by Gasteiger charge is -2.11. The van der Waals surface area contributed by atoms with Gasteiger partial charge in [0.05, 0.1) is 4.92 Å². The van der Waals surface area contributed by atoms with E-state index in [-0.39, 0.29) is 17.1 Å². The molecule has 8 heteroatoms. The predicted molar refractivity (Wildman–Crippen MR) is 96.1 cm³/mol. The van der Waals surface area contributed by atoms with E-state index in [4.69, 9.17) is 9.15 Å². The van der Waals surface area contributed by atoms with Crippen molar-refractivity contribution in [1.29, 1.82) is 0 Å². The molecule has 27 heavy (non-hydrogen) atoms. The molecule has 0 radical (unpaired) electrons. The van der Waals surface area contributed by atoms with Gasteiger partial charge in [0, 0.05) is 11.6 Å². The van der Waals surface area contributed by atoms with Crippen LogP contribution in [0, 0.1) is 24.0 Å². The zero-order valence-corrected chi connectivity index (χ0v) is 15.0. The maximum atomic E-state index is 12.5. The predicted octanol–water partition coefficient (Wildman–Crippen LogP) is 4.18. The van der Waals surface area contributed by atoms with E-state index in [1.165, 1.54) is 12.1 Å². The van der Waals surface area contributed by atoms with E-state index in [2.05, 4.69) is 10.2 Å². The molecule has 1 aromatic heterocycles. The topological polar surface area (TPSA) is 108 Å². The van der Waals surface area contributed by atoms with Crippen molar-refractivity contribution in [3.05, 3.63) is 75.2 Å². The first-order chi connectivity index (χ1) is 12.9. The first-order valence-electron chi connectivity index (χ1n) is 8.22. The van der Waals surface area contributed by atoms with Crippen LogP contribution in [0.5, 0.6) is 0 Å². The number of ether oxygens (including phenoxy) is 1. The molecule has 0 aliphatic heterocycles. The number of nitrogens with zero attached hydrogens (tertiary/aromatic N) is 3. The highest BCUT2D eigenvalue weighted by Crippen LogP contribution is 2.27. The Balaban J connectivity index is 1.82. The second kappa shape index (κ2) is 7.36. The summed E-state index contributed by atoms with van der Waals surface area (Å²) in [5.74, 6) is -0.405. The molecule has 3 aromatic rings.